The molecule has 0 amide bonds. The van der Waals surface area contributed by atoms with E-state index in [-0.39, 0.29) is 12.5 Å². The van der Waals surface area contributed by atoms with Crippen LogP contribution in [0.1, 0.15) is 41.4 Å². The lowest BCUT2D eigenvalue weighted by atomic mass is 9.91. The number of fused-ring (bicyclic) bond motifs is 1. The van der Waals surface area contributed by atoms with Gasteiger partial charge >= 0.3 is 5.97 Å². The van der Waals surface area contributed by atoms with Gasteiger partial charge < -0.3 is 20.2 Å². The summed E-state index contributed by atoms with van der Waals surface area (Å²) in [6.45, 7) is 3.59. The molecule has 1 unspecified atom stereocenters. The summed E-state index contributed by atoms with van der Waals surface area (Å²) in [5, 5.41) is 0. The molecule has 2 aliphatic rings. The van der Waals surface area contributed by atoms with Gasteiger partial charge in [-0.05, 0) is 64.2 Å². The monoisotopic (exact) mass is 562 g/mol. The topological polar surface area (TPSA) is 131 Å². The van der Waals surface area contributed by atoms with Gasteiger partial charge in [-0.3, -0.25) is 9.89 Å². The zero-order valence-corrected chi connectivity index (χ0v) is 23.7. The number of hydrogen-bond donors (Lipinski definition) is 2. The fraction of sp³-hybridized carbons (Fsp3) is 0.414. The molecule has 0 aliphatic carbocycles. The molecule has 1 aromatic carbocycles. The van der Waals surface area contributed by atoms with Gasteiger partial charge in [0.1, 0.15) is 5.82 Å². The number of likely N-dealkylation sites (tertiary alicyclic amines) is 1. The quantitative estimate of drug-likeness (QED) is 0.433. The molecule has 3 aromatic rings. The number of nitrogen functional groups attached to an aromatic ring is 1. The molecular weight excluding hydrogens is 527 g/mol. The second-order valence-electron chi connectivity index (χ2n) is 10.6. The van der Waals surface area contributed by atoms with Crippen molar-refractivity contribution in [3.8, 4) is 17.1 Å². The van der Waals surface area contributed by atoms with Crippen LogP contribution in [0.4, 0.5) is 10.3 Å². The number of hydroxylamine groups is 1. The molecule has 4 heterocycles. The average molecular weight is 563 g/mol. The Hall–Kier alpha value is -4.16. The summed E-state index contributed by atoms with van der Waals surface area (Å²) in [5.74, 6) is 0.0184. The summed E-state index contributed by atoms with van der Waals surface area (Å²) >= 11 is 0. The molecule has 12 heteroatoms. The van der Waals surface area contributed by atoms with Crippen molar-refractivity contribution in [2.24, 2.45) is 4.99 Å². The van der Waals surface area contributed by atoms with Gasteiger partial charge in [0.15, 0.2) is 5.84 Å². The van der Waals surface area contributed by atoms with Gasteiger partial charge in [0.2, 0.25) is 11.8 Å². The Bertz CT molecular complexity index is 1460. The maximum Gasteiger partial charge on any atom is 0.346 e. The van der Waals surface area contributed by atoms with E-state index in [1.54, 1.807) is 31.2 Å². The third-order valence-electron chi connectivity index (χ3n) is 7.50. The number of benzene rings is 1. The number of anilines is 1. The zero-order valence-electron chi connectivity index (χ0n) is 23.7. The molecule has 3 N–H and O–H groups in total. The SMILES string of the molecule is COc1cccc(-c2cc(F)ccc2[C@H]2Cc3nc(N)nc(C)c3C(NOC(=O)CN3CCCC(N(C)C)C3)=N2)n1. The molecule has 0 radical (unpaired) electrons. The van der Waals surface area contributed by atoms with Crippen molar-refractivity contribution in [2.45, 2.75) is 38.3 Å². The molecule has 2 atom stereocenters. The molecule has 216 valence electrons. The number of likely N-dealkylation sites (N-methyl/N-ethyl adjacent to an activating group) is 1. The van der Waals surface area contributed by atoms with Crippen molar-refractivity contribution in [2.75, 3.05) is 46.6 Å². The molecular formula is C29H35FN8O3. The number of pyridine rings is 1. The van der Waals surface area contributed by atoms with Crippen molar-refractivity contribution < 1.29 is 18.8 Å². The Labute approximate surface area is 238 Å². The first kappa shape index (κ1) is 28.4. The third-order valence-corrected chi connectivity index (χ3v) is 7.50. The standard InChI is InChI=1S/C29H35FN8O3/c1-17-27-24(35-29(31)32-17)14-23(20-11-10-18(30)13-21(20)22-8-5-9-25(33-22)40-4)34-28(27)36-41-26(39)16-38-12-6-7-19(15-38)37(2)3/h5,8-11,13,19,23H,6-7,12,14-16H2,1-4H3,(H,34,36)(H2,31,32,35)/t19?,23-/m1/s1. The summed E-state index contributed by atoms with van der Waals surface area (Å²) in [6.07, 6.45) is 2.50. The number of ether oxygens (including phenoxy) is 1. The normalized spacial score (nSPS) is 18.9. The number of methoxy groups -OCH3 is 1. The molecule has 2 aliphatic heterocycles. The van der Waals surface area contributed by atoms with E-state index >= 15 is 0 Å². The van der Waals surface area contributed by atoms with Crippen LogP contribution in [0.15, 0.2) is 41.4 Å². The number of amidine groups is 1. The number of aryl methyl sites for hydroxylation is 1. The minimum absolute atomic E-state index is 0.132. The highest BCUT2D eigenvalue weighted by Gasteiger charge is 2.30. The first-order valence-corrected chi connectivity index (χ1v) is 13.6. The van der Waals surface area contributed by atoms with Crippen molar-refractivity contribution in [1.82, 2.24) is 30.2 Å². The largest absolute Gasteiger partial charge is 0.481 e. The molecule has 5 rings (SSSR count). The second kappa shape index (κ2) is 12.1. The van der Waals surface area contributed by atoms with Crippen molar-refractivity contribution in [1.29, 1.82) is 0 Å². The van der Waals surface area contributed by atoms with Crippen molar-refractivity contribution in [3.63, 3.8) is 0 Å². The number of piperidine rings is 1. The number of carbonyl (C=O) groups excluding carboxylic acids is 1. The highest BCUT2D eigenvalue weighted by Crippen LogP contribution is 2.36. The van der Waals surface area contributed by atoms with E-state index < -0.39 is 17.8 Å². The van der Waals surface area contributed by atoms with E-state index in [9.17, 15) is 9.18 Å². The Kier molecular flexibility index (Phi) is 8.41. The lowest BCUT2D eigenvalue weighted by molar-refractivity contribution is -0.149. The number of carbonyl (C=O) groups is 1. The van der Waals surface area contributed by atoms with E-state index in [1.807, 2.05) is 0 Å². The molecule has 11 nitrogen and oxygen atoms in total. The van der Waals surface area contributed by atoms with Crippen LogP contribution in [0.25, 0.3) is 11.3 Å². The van der Waals surface area contributed by atoms with Crippen LogP contribution in [0.5, 0.6) is 5.88 Å². The van der Waals surface area contributed by atoms with Gasteiger partial charge in [-0.2, -0.15) is 5.48 Å². The maximum atomic E-state index is 14.5. The Balaban J connectivity index is 1.43. The van der Waals surface area contributed by atoms with Gasteiger partial charge in [0.05, 0.1) is 42.3 Å². The minimum Gasteiger partial charge on any atom is -0.481 e. The van der Waals surface area contributed by atoms with Gasteiger partial charge in [-0.1, -0.05) is 12.1 Å². The molecule has 0 bridgehead atoms. The molecule has 1 saturated heterocycles. The zero-order chi connectivity index (χ0) is 29.1. The molecule has 0 saturated carbocycles. The maximum absolute atomic E-state index is 14.5. The van der Waals surface area contributed by atoms with Gasteiger partial charge in [0, 0.05) is 30.6 Å². The predicted molar refractivity (Wildman–Crippen MR) is 153 cm³/mol. The predicted octanol–water partition coefficient (Wildman–Crippen LogP) is 2.69. The third kappa shape index (κ3) is 6.44. The Morgan fingerprint density at radius 2 is 2.05 bits per heavy atom. The summed E-state index contributed by atoms with van der Waals surface area (Å²) in [4.78, 5) is 40.8. The fourth-order valence-electron chi connectivity index (χ4n) is 5.45. The molecule has 0 spiro atoms. The summed E-state index contributed by atoms with van der Waals surface area (Å²) < 4.78 is 19.7. The lowest BCUT2D eigenvalue weighted by Gasteiger charge is -2.35. The smallest absolute Gasteiger partial charge is 0.346 e. The number of nitrogens with zero attached hydrogens (tertiary/aromatic N) is 6. The Morgan fingerprint density at radius 3 is 2.83 bits per heavy atom. The number of halogens is 1. The van der Waals surface area contributed by atoms with E-state index in [0.717, 1.165) is 31.5 Å². The van der Waals surface area contributed by atoms with Gasteiger partial charge in [0.25, 0.3) is 0 Å². The van der Waals surface area contributed by atoms with E-state index in [0.29, 0.717) is 52.4 Å². The molecule has 2 aromatic heterocycles. The highest BCUT2D eigenvalue weighted by molar-refractivity contribution is 6.01. The van der Waals surface area contributed by atoms with E-state index in [4.69, 9.17) is 20.3 Å². The number of rotatable bonds is 6. The van der Waals surface area contributed by atoms with Crippen molar-refractivity contribution in [3.05, 3.63) is 64.7 Å². The average Bonchev–Trinajstić information content (AvgIpc) is 2.95. The molecule has 41 heavy (non-hydrogen) atoms. The number of nitrogens with one attached hydrogen (secondary N) is 1. The number of aromatic nitrogens is 3. The summed E-state index contributed by atoms with van der Waals surface area (Å²) in [5.41, 5.74) is 12.5. The van der Waals surface area contributed by atoms with Crippen LogP contribution in [0.3, 0.4) is 0 Å². The van der Waals surface area contributed by atoms with Crippen LogP contribution >= 0.6 is 0 Å². The fourth-order valence-corrected chi connectivity index (χ4v) is 5.45. The summed E-state index contributed by atoms with van der Waals surface area (Å²) in [6, 6.07) is 9.70. The van der Waals surface area contributed by atoms with Crippen LogP contribution in [-0.4, -0.2) is 83.4 Å². The van der Waals surface area contributed by atoms with Crippen LogP contribution in [-0.2, 0) is 16.1 Å². The van der Waals surface area contributed by atoms with Gasteiger partial charge in [-0.15, -0.1) is 0 Å². The highest BCUT2D eigenvalue weighted by atomic mass is 19.1. The van der Waals surface area contributed by atoms with Crippen molar-refractivity contribution >= 4 is 17.8 Å². The lowest BCUT2D eigenvalue weighted by Crippen LogP contribution is -2.47. The van der Waals surface area contributed by atoms with Gasteiger partial charge in [-0.25, -0.2) is 24.1 Å². The second-order valence-corrected chi connectivity index (χ2v) is 10.6. The van der Waals surface area contributed by atoms with E-state index in [1.165, 1.54) is 19.2 Å². The first-order chi connectivity index (χ1) is 19.7. The van der Waals surface area contributed by atoms with Crippen LogP contribution in [0.2, 0.25) is 0 Å². The summed E-state index contributed by atoms with van der Waals surface area (Å²) in [7, 11) is 5.63. The number of aliphatic imine (C=N–C) groups is 1. The number of nitrogens with two attached hydrogens (primary N) is 1. The minimum atomic E-state index is -0.496. The molecule has 1 fully saturated rings. The van der Waals surface area contributed by atoms with E-state index in [2.05, 4.69) is 44.3 Å². The Morgan fingerprint density at radius 1 is 1.22 bits per heavy atom. The van der Waals surface area contributed by atoms with Crippen LogP contribution in [0, 0.1) is 12.7 Å². The van der Waals surface area contributed by atoms with Crippen LogP contribution < -0.4 is 16.0 Å². The first-order valence-electron chi connectivity index (χ1n) is 13.6. The number of hydrogen-bond acceptors (Lipinski definition) is 11.